The van der Waals surface area contributed by atoms with Gasteiger partial charge in [-0.3, -0.25) is 4.79 Å². The van der Waals surface area contributed by atoms with Crippen LogP contribution in [-0.2, 0) is 6.54 Å². The first-order valence-corrected chi connectivity index (χ1v) is 8.44. The summed E-state index contributed by atoms with van der Waals surface area (Å²) in [4.78, 5) is 12.3. The summed E-state index contributed by atoms with van der Waals surface area (Å²) < 4.78 is 25.2. The fourth-order valence-corrected chi connectivity index (χ4v) is 2.79. The van der Waals surface area contributed by atoms with Gasteiger partial charge in [-0.15, -0.1) is 5.10 Å². The first-order chi connectivity index (χ1) is 13.1. The van der Waals surface area contributed by atoms with Crippen LogP contribution in [0.4, 0.5) is 4.39 Å². The Bertz CT molecular complexity index is 971. The summed E-state index contributed by atoms with van der Waals surface area (Å²) in [6.07, 6.45) is 1.57. The monoisotopic (exact) mass is 368 g/mol. The van der Waals surface area contributed by atoms with Gasteiger partial charge in [0.25, 0.3) is 5.91 Å². The molecule has 2 heterocycles. The van der Waals surface area contributed by atoms with Crippen LogP contribution in [0, 0.1) is 5.82 Å². The molecular weight excluding hydrogens is 351 g/mol. The zero-order chi connectivity index (χ0) is 18.8. The van der Waals surface area contributed by atoms with Crippen LogP contribution in [0.1, 0.15) is 34.6 Å². The van der Waals surface area contributed by atoms with Gasteiger partial charge in [0.1, 0.15) is 5.82 Å². The van der Waals surface area contributed by atoms with Crippen LogP contribution < -0.4 is 14.8 Å². The standard InChI is InChI=1S/C19H17FN4O3/c1-12(14-3-5-15(20)6-4-14)24-10-16(22-23-24)19(25)21-9-13-2-7-17-18(8-13)27-11-26-17/h2-8,10,12H,9,11H2,1H3,(H,21,25)/t12-/m1/s1. The van der Waals surface area contributed by atoms with E-state index in [-0.39, 0.29) is 30.3 Å². The summed E-state index contributed by atoms with van der Waals surface area (Å²) in [5, 5.41) is 10.8. The fourth-order valence-electron chi connectivity index (χ4n) is 2.79. The first-order valence-electron chi connectivity index (χ1n) is 8.44. The normalized spacial score (nSPS) is 13.4. The van der Waals surface area contributed by atoms with Gasteiger partial charge in [-0.1, -0.05) is 23.4 Å². The number of nitrogens with zero attached hydrogens (tertiary/aromatic N) is 3. The number of hydrogen-bond donors (Lipinski definition) is 1. The highest BCUT2D eigenvalue weighted by Gasteiger charge is 2.16. The Morgan fingerprint density at radius 3 is 2.81 bits per heavy atom. The SMILES string of the molecule is C[C@H](c1ccc(F)cc1)n1cc(C(=O)NCc2ccc3c(c2)OCO3)nn1. The Labute approximate surface area is 154 Å². The maximum absolute atomic E-state index is 13.1. The molecule has 1 aliphatic rings. The number of halogens is 1. The van der Waals surface area contributed by atoms with E-state index >= 15 is 0 Å². The van der Waals surface area contributed by atoms with E-state index in [1.54, 1.807) is 23.0 Å². The van der Waals surface area contributed by atoms with Crippen LogP contribution in [0.5, 0.6) is 11.5 Å². The van der Waals surface area contributed by atoms with Gasteiger partial charge in [-0.2, -0.15) is 0 Å². The summed E-state index contributed by atoms with van der Waals surface area (Å²) in [5.74, 6) is 0.738. The van der Waals surface area contributed by atoms with Gasteiger partial charge < -0.3 is 14.8 Å². The zero-order valence-corrected chi connectivity index (χ0v) is 14.6. The van der Waals surface area contributed by atoms with Crippen LogP contribution in [0.3, 0.4) is 0 Å². The number of aromatic nitrogens is 3. The molecule has 138 valence electrons. The second-order valence-electron chi connectivity index (χ2n) is 6.18. The Morgan fingerprint density at radius 1 is 1.22 bits per heavy atom. The highest BCUT2D eigenvalue weighted by Crippen LogP contribution is 2.32. The highest BCUT2D eigenvalue weighted by molar-refractivity contribution is 5.91. The average molecular weight is 368 g/mol. The van der Waals surface area contributed by atoms with Gasteiger partial charge in [-0.05, 0) is 42.3 Å². The van der Waals surface area contributed by atoms with Crippen LogP contribution in [0.15, 0.2) is 48.7 Å². The van der Waals surface area contributed by atoms with Crippen LogP contribution in [0.2, 0.25) is 0 Å². The van der Waals surface area contributed by atoms with Crippen molar-refractivity contribution >= 4 is 5.91 Å². The molecule has 0 saturated heterocycles. The molecule has 3 aromatic rings. The van der Waals surface area contributed by atoms with Gasteiger partial charge in [0, 0.05) is 6.54 Å². The molecule has 27 heavy (non-hydrogen) atoms. The molecule has 0 unspecified atom stereocenters. The molecule has 1 amide bonds. The van der Waals surface area contributed by atoms with Crippen molar-refractivity contribution in [1.82, 2.24) is 20.3 Å². The van der Waals surface area contributed by atoms with E-state index in [4.69, 9.17) is 9.47 Å². The van der Waals surface area contributed by atoms with Crippen molar-refractivity contribution in [2.75, 3.05) is 6.79 Å². The summed E-state index contributed by atoms with van der Waals surface area (Å²) in [5.41, 5.74) is 1.97. The van der Waals surface area contributed by atoms with Crippen molar-refractivity contribution in [2.45, 2.75) is 19.5 Å². The molecule has 2 aromatic carbocycles. The Balaban J connectivity index is 1.40. The third kappa shape index (κ3) is 3.59. The van der Waals surface area contributed by atoms with Crippen molar-refractivity contribution in [1.29, 1.82) is 0 Å². The number of carbonyl (C=O) groups excluding carboxylic acids is 1. The number of rotatable bonds is 5. The third-order valence-electron chi connectivity index (χ3n) is 4.38. The van der Waals surface area contributed by atoms with Crippen LogP contribution in [-0.4, -0.2) is 27.7 Å². The minimum absolute atomic E-state index is 0.173. The fraction of sp³-hybridized carbons (Fsp3) is 0.211. The van der Waals surface area contributed by atoms with Crippen molar-refractivity contribution in [3.8, 4) is 11.5 Å². The van der Waals surface area contributed by atoms with Gasteiger partial charge in [0.15, 0.2) is 17.2 Å². The number of ether oxygens (including phenoxy) is 2. The van der Waals surface area contributed by atoms with E-state index in [9.17, 15) is 9.18 Å². The zero-order valence-electron chi connectivity index (χ0n) is 14.6. The molecule has 0 fully saturated rings. The van der Waals surface area contributed by atoms with Crippen molar-refractivity contribution < 1.29 is 18.7 Å². The quantitative estimate of drug-likeness (QED) is 0.749. The van der Waals surface area contributed by atoms with Crippen LogP contribution >= 0.6 is 0 Å². The maximum atomic E-state index is 13.1. The van der Waals surface area contributed by atoms with Gasteiger partial charge in [0.2, 0.25) is 6.79 Å². The number of carbonyl (C=O) groups is 1. The maximum Gasteiger partial charge on any atom is 0.273 e. The van der Waals surface area contributed by atoms with Crippen molar-refractivity contribution in [3.05, 3.63) is 71.3 Å². The predicted octanol–water partition coefficient (Wildman–Crippen LogP) is 2.69. The lowest BCUT2D eigenvalue weighted by molar-refractivity contribution is 0.0945. The molecule has 8 heteroatoms. The van der Waals surface area contributed by atoms with Gasteiger partial charge >= 0.3 is 0 Å². The Morgan fingerprint density at radius 2 is 2.00 bits per heavy atom. The number of nitrogens with one attached hydrogen (secondary N) is 1. The van der Waals surface area contributed by atoms with E-state index in [0.717, 1.165) is 11.1 Å². The number of fused-ring (bicyclic) bond motifs is 1. The summed E-state index contributed by atoms with van der Waals surface area (Å²) in [7, 11) is 0. The van der Waals surface area contributed by atoms with E-state index in [1.165, 1.54) is 12.1 Å². The summed E-state index contributed by atoms with van der Waals surface area (Å²) >= 11 is 0. The molecule has 1 atom stereocenters. The number of hydrogen-bond acceptors (Lipinski definition) is 5. The molecule has 4 rings (SSSR count). The minimum atomic E-state index is -0.328. The Hall–Kier alpha value is -3.42. The second kappa shape index (κ2) is 7.06. The molecule has 1 aliphatic heterocycles. The lowest BCUT2D eigenvalue weighted by atomic mass is 10.1. The second-order valence-corrected chi connectivity index (χ2v) is 6.18. The average Bonchev–Trinajstić information content (AvgIpc) is 3.35. The first kappa shape index (κ1) is 17.0. The molecule has 0 spiro atoms. The van der Waals surface area contributed by atoms with Gasteiger partial charge in [-0.25, -0.2) is 9.07 Å². The lowest BCUT2D eigenvalue weighted by Gasteiger charge is -2.11. The molecule has 7 nitrogen and oxygen atoms in total. The van der Waals surface area contributed by atoms with Crippen LogP contribution in [0.25, 0.3) is 0 Å². The van der Waals surface area contributed by atoms with E-state index in [2.05, 4.69) is 15.6 Å². The van der Waals surface area contributed by atoms with E-state index < -0.39 is 0 Å². The van der Waals surface area contributed by atoms with Crippen molar-refractivity contribution in [3.63, 3.8) is 0 Å². The number of benzene rings is 2. The lowest BCUT2D eigenvalue weighted by Crippen LogP contribution is -2.23. The predicted molar refractivity (Wildman–Crippen MR) is 94.0 cm³/mol. The molecule has 0 saturated carbocycles. The summed E-state index contributed by atoms with van der Waals surface area (Å²) in [6.45, 7) is 2.44. The third-order valence-corrected chi connectivity index (χ3v) is 4.38. The van der Waals surface area contributed by atoms with E-state index in [0.29, 0.717) is 18.0 Å². The number of amides is 1. The molecule has 1 N–H and O–H groups in total. The smallest absolute Gasteiger partial charge is 0.273 e. The highest BCUT2D eigenvalue weighted by atomic mass is 19.1. The molecule has 0 aliphatic carbocycles. The molecule has 0 radical (unpaired) electrons. The molecule has 0 bridgehead atoms. The molecular formula is C19H17FN4O3. The Kier molecular flexibility index (Phi) is 4.45. The van der Waals surface area contributed by atoms with Crippen molar-refractivity contribution in [2.24, 2.45) is 0 Å². The summed E-state index contributed by atoms with van der Waals surface area (Å²) in [6, 6.07) is 11.5. The molecule has 1 aromatic heterocycles. The van der Waals surface area contributed by atoms with Gasteiger partial charge in [0.05, 0.1) is 12.2 Å². The largest absolute Gasteiger partial charge is 0.454 e. The van der Waals surface area contributed by atoms with E-state index in [1.807, 2.05) is 25.1 Å². The topological polar surface area (TPSA) is 78.3 Å². The minimum Gasteiger partial charge on any atom is -0.454 e.